The van der Waals surface area contributed by atoms with E-state index in [1.54, 1.807) is 13.3 Å². The second kappa shape index (κ2) is 8.35. The number of nitrogens with one attached hydrogen (secondary N) is 1. The van der Waals surface area contributed by atoms with E-state index >= 15 is 0 Å². The SMILES string of the molecule is COc1ccc(-c2ccnc(SCC(=O)NCCO)n2)cc1. The highest BCUT2D eigenvalue weighted by Crippen LogP contribution is 2.22. The normalized spacial score (nSPS) is 10.3. The Morgan fingerprint density at radius 2 is 2.09 bits per heavy atom. The molecule has 0 fully saturated rings. The van der Waals surface area contributed by atoms with Gasteiger partial charge >= 0.3 is 0 Å². The molecule has 2 rings (SSSR count). The summed E-state index contributed by atoms with van der Waals surface area (Å²) in [5.74, 6) is 0.844. The molecule has 0 radical (unpaired) electrons. The largest absolute Gasteiger partial charge is 0.497 e. The van der Waals surface area contributed by atoms with Crippen LogP contribution in [-0.4, -0.2) is 47.0 Å². The molecule has 22 heavy (non-hydrogen) atoms. The maximum atomic E-state index is 11.5. The number of aliphatic hydroxyl groups excluding tert-OH is 1. The average molecular weight is 319 g/mol. The van der Waals surface area contributed by atoms with Gasteiger partial charge in [0, 0.05) is 18.3 Å². The monoisotopic (exact) mass is 319 g/mol. The number of carbonyl (C=O) groups is 1. The Morgan fingerprint density at radius 1 is 1.32 bits per heavy atom. The fourth-order valence-corrected chi connectivity index (χ4v) is 2.37. The molecule has 1 heterocycles. The number of carbonyl (C=O) groups excluding carboxylic acids is 1. The predicted molar refractivity (Wildman–Crippen MR) is 84.8 cm³/mol. The first kappa shape index (κ1) is 16.3. The number of rotatable bonds is 7. The molecule has 0 spiro atoms. The molecule has 0 bridgehead atoms. The van der Waals surface area contributed by atoms with Gasteiger partial charge in [0.1, 0.15) is 5.75 Å². The van der Waals surface area contributed by atoms with Gasteiger partial charge in [-0.05, 0) is 30.3 Å². The van der Waals surface area contributed by atoms with E-state index in [1.165, 1.54) is 11.8 Å². The van der Waals surface area contributed by atoms with Crippen LogP contribution in [0.1, 0.15) is 0 Å². The summed E-state index contributed by atoms with van der Waals surface area (Å²) in [5, 5.41) is 11.8. The van der Waals surface area contributed by atoms with Crippen LogP contribution in [0.2, 0.25) is 0 Å². The first-order valence-electron chi connectivity index (χ1n) is 6.71. The molecule has 0 aliphatic carbocycles. The summed E-state index contributed by atoms with van der Waals surface area (Å²) in [5.41, 5.74) is 1.74. The molecule has 0 saturated heterocycles. The van der Waals surface area contributed by atoms with Crippen LogP contribution in [0.5, 0.6) is 5.75 Å². The predicted octanol–water partition coefficient (Wildman–Crippen LogP) is 1.35. The molecule has 2 aromatic rings. The molecule has 1 aromatic heterocycles. The van der Waals surface area contributed by atoms with Gasteiger partial charge in [-0.2, -0.15) is 0 Å². The Kier molecular flexibility index (Phi) is 6.17. The van der Waals surface area contributed by atoms with Crippen LogP contribution in [0.15, 0.2) is 41.7 Å². The minimum Gasteiger partial charge on any atom is -0.497 e. The van der Waals surface area contributed by atoms with Gasteiger partial charge in [0.05, 0.1) is 25.2 Å². The Labute approximate surface area is 132 Å². The van der Waals surface area contributed by atoms with Gasteiger partial charge in [-0.3, -0.25) is 4.79 Å². The van der Waals surface area contributed by atoms with Crippen molar-refractivity contribution in [3.8, 4) is 17.0 Å². The third-order valence-electron chi connectivity index (χ3n) is 2.79. The summed E-state index contributed by atoms with van der Waals surface area (Å²) in [4.78, 5) is 20.1. The summed E-state index contributed by atoms with van der Waals surface area (Å²) >= 11 is 1.25. The highest BCUT2D eigenvalue weighted by Gasteiger charge is 2.06. The Hall–Kier alpha value is -2.12. The van der Waals surface area contributed by atoms with Gasteiger partial charge in [-0.15, -0.1) is 0 Å². The van der Waals surface area contributed by atoms with E-state index in [0.717, 1.165) is 17.0 Å². The lowest BCUT2D eigenvalue weighted by atomic mass is 10.1. The first-order chi connectivity index (χ1) is 10.7. The molecule has 1 amide bonds. The summed E-state index contributed by atoms with van der Waals surface area (Å²) in [7, 11) is 1.62. The summed E-state index contributed by atoms with van der Waals surface area (Å²) in [6.07, 6.45) is 1.67. The zero-order valence-electron chi connectivity index (χ0n) is 12.2. The minimum absolute atomic E-state index is 0.0696. The van der Waals surface area contributed by atoms with Crippen LogP contribution in [0.25, 0.3) is 11.3 Å². The molecule has 6 nitrogen and oxygen atoms in total. The van der Waals surface area contributed by atoms with Crippen molar-refractivity contribution in [1.82, 2.24) is 15.3 Å². The van der Waals surface area contributed by atoms with Crippen molar-refractivity contribution in [2.75, 3.05) is 26.0 Å². The van der Waals surface area contributed by atoms with Crippen molar-refractivity contribution in [3.63, 3.8) is 0 Å². The molecule has 0 atom stereocenters. The van der Waals surface area contributed by atoms with Gasteiger partial charge < -0.3 is 15.2 Å². The smallest absolute Gasteiger partial charge is 0.230 e. The molecule has 0 unspecified atom stereocenters. The number of amides is 1. The molecular formula is C15H17N3O3S. The van der Waals surface area contributed by atoms with E-state index in [9.17, 15) is 4.79 Å². The van der Waals surface area contributed by atoms with E-state index in [4.69, 9.17) is 9.84 Å². The van der Waals surface area contributed by atoms with Gasteiger partial charge in [-0.1, -0.05) is 11.8 Å². The van der Waals surface area contributed by atoms with Crippen LogP contribution in [0, 0.1) is 0 Å². The number of hydrogen-bond acceptors (Lipinski definition) is 6. The lowest BCUT2D eigenvalue weighted by Gasteiger charge is -2.05. The van der Waals surface area contributed by atoms with Gasteiger partial charge in [0.15, 0.2) is 5.16 Å². The Morgan fingerprint density at radius 3 is 2.77 bits per heavy atom. The number of ether oxygens (including phenoxy) is 1. The second-order valence-electron chi connectivity index (χ2n) is 4.32. The highest BCUT2D eigenvalue weighted by atomic mass is 32.2. The average Bonchev–Trinajstić information content (AvgIpc) is 2.58. The lowest BCUT2D eigenvalue weighted by Crippen LogP contribution is -2.27. The zero-order chi connectivity index (χ0) is 15.8. The topological polar surface area (TPSA) is 84.3 Å². The number of hydrogen-bond donors (Lipinski definition) is 2. The van der Waals surface area contributed by atoms with Crippen molar-refractivity contribution < 1.29 is 14.6 Å². The number of aliphatic hydroxyl groups is 1. The van der Waals surface area contributed by atoms with Crippen LogP contribution < -0.4 is 10.1 Å². The molecule has 1 aromatic carbocycles. The molecule has 2 N–H and O–H groups in total. The van der Waals surface area contributed by atoms with Crippen LogP contribution in [-0.2, 0) is 4.79 Å². The minimum atomic E-state index is -0.155. The number of aromatic nitrogens is 2. The quantitative estimate of drug-likeness (QED) is 0.592. The van der Waals surface area contributed by atoms with Crippen molar-refractivity contribution in [1.29, 1.82) is 0 Å². The summed E-state index contributed by atoms with van der Waals surface area (Å²) < 4.78 is 5.13. The van der Waals surface area contributed by atoms with Crippen molar-refractivity contribution >= 4 is 17.7 Å². The second-order valence-corrected chi connectivity index (χ2v) is 5.26. The molecule has 0 aliphatic rings. The molecule has 116 valence electrons. The van der Waals surface area contributed by atoms with E-state index in [2.05, 4.69) is 15.3 Å². The molecular weight excluding hydrogens is 302 g/mol. The number of nitrogens with zero attached hydrogens (tertiary/aromatic N) is 2. The van der Waals surface area contributed by atoms with Gasteiger partial charge in [0.2, 0.25) is 5.91 Å². The number of benzene rings is 1. The van der Waals surface area contributed by atoms with Crippen molar-refractivity contribution in [2.45, 2.75) is 5.16 Å². The Bertz CT molecular complexity index is 620. The number of methoxy groups -OCH3 is 1. The van der Waals surface area contributed by atoms with E-state index in [1.807, 2.05) is 30.3 Å². The fourth-order valence-electron chi connectivity index (χ4n) is 1.71. The maximum Gasteiger partial charge on any atom is 0.230 e. The zero-order valence-corrected chi connectivity index (χ0v) is 13.0. The number of thioether (sulfide) groups is 1. The summed E-state index contributed by atoms with van der Waals surface area (Å²) in [6, 6.07) is 9.39. The van der Waals surface area contributed by atoms with Crippen LogP contribution >= 0.6 is 11.8 Å². The lowest BCUT2D eigenvalue weighted by molar-refractivity contribution is -0.118. The van der Waals surface area contributed by atoms with Gasteiger partial charge in [0.25, 0.3) is 0 Å². The third kappa shape index (κ3) is 4.71. The van der Waals surface area contributed by atoms with E-state index < -0.39 is 0 Å². The first-order valence-corrected chi connectivity index (χ1v) is 7.69. The van der Waals surface area contributed by atoms with Crippen molar-refractivity contribution in [2.24, 2.45) is 0 Å². The maximum absolute atomic E-state index is 11.5. The van der Waals surface area contributed by atoms with Crippen molar-refractivity contribution in [3.05, 3.63) is 36.5 Å². The van der Waals surface area contributed by atoms with E-state index in [0.29, 0.717) is 5.16 Å². The molecule has 0 aliphatic heterocycles. The standard InChI is InChI=1S/C15H17N3O3S/c1-21-12-4-2-11(3-5-12)13-6-7-17-15(18-13)22-10-14(20)16-8-9-19/h2-7,19H,8-10H2,1H3,(H,16,20). The highest BCUT2D eigenvalue weighted by molar-refractivity contribution is 7.99. The fraction of sp³-hybridized carbons (Fsp3) is 0.267. The third-order valence-corrected chi connectivity index (χ3v) is 3.65. The molecule has 0 saturated carbocycles. The Balaban J connectivity index is 2.01. The van der Waals surface area contributed by atoms with Crippen LogP contribution in [0.3, 0.4) is 0 Å². The summed E-state index contributed by atoms with van der Waals surface area (Å²) in [6.45, 7) is 0.187. The van der Waals surface area contributed by atoms with E-state index in [-0.39, 0.29) is 24.8 Å². The molecule has 7 heteroatoms. The van der Waals surface area contributed by atoms with Crippen LogP contribution in [0.4, 0.5) is 0 Å². The van der Waals surface area contributed by atoms with Gasteiger partial charge in [-0.25, -0.2) is 9.97 Å².